The van der Waals surface area contributed by atoms with Crippen molar-refractivity contribution in [3.05, 3.63) is 59.7 Å². The van der Waals surface area contributed by atoms with Crippen LogP contribution in [0.5, 0.6) is 5.75 Å². The number of fused-ring (bicyclic) bond motifs is 1. The van der Waals surface area contributed by atoms with E-state index < -0.39 is 5.82 Å². The Morgan fingerprint density at radius 3 is 2.85 bits per heavy atom. The molecular formula is C20H20FN3O2. The number of aromatic amines is 1. The number of benzene rings is 1. The van der Waals surface area contributed by atoms with Gasteiger partial charge in [0.05, 0.1) is 12.7 Å². The molecule has 0 spiro atoms. The van der Waals surface area contributed by atoms with E-state index in [9.17, 15) is 9.18 Å². The van der Waals surface area contributed by atoms with Crippen molar-refractivity contribution in [2.75, 3.05) is 20.2 Å². The number of H-pyrrole nitrogens is 1. The minimum absolute atomic E-state index is 0.0977. The average Bonchev–Trinajstić information content (AvgIpc) is 3.11. The Balaban J connectivity index is 1.47. The number of hydrogen-bond acceptors (Lipinski definition) is 3. The average molecular weight is 353 g/mol. The summed E-state index contributed by atoms with van der Waals surface area (Å²) in [5.74, 6) is -0.0215. The highest BCUT2D eigenvalue weighted by molar-refractivity contribution is 5.94. The van der Waals surface area contributed by atoms with Crippen LogP contribution in [0.25, 0.3) is 11.0 Å². The topological polar surface area (TPSA) is 58.2 Å². The van der Waals surface area contributed by atoms with Gasteiger partial charge in [-0.3, -0.25) is 4.79 Å². The van der Waals surface area contributed by atoms with Gasteiger partial charge >= 0.3 is 0 Å². The molecule has 4 rings (SSSR count). The van der Waals surface area contributed by atoms with Gasteiger partial charge in [-0.05, 0) is 48.6 Å². The Labute approximate surface area is 150 Å². The molecule has 2 aromatic heterocycles. The number of piperidine rings is 1. The molecule has 0 aliphatic carbocycles. The van der Waals surface area contributed by atoms with Crippen LogP contribution in [0.3, 0.4) is 0 Å². The van der Waals surface area contributed by atoms with Crippen LogP contribution in [-0.4, -0.2) is 41.0 Å². The Morgan fingerprint density at radius 1 is 1.31 bits per heavy atom. The van der Waals surface area contributed by atoms with Gasteiger partial charge in [0.1, 0.15) is 17.2 Å². The van der Waals surface area contributed by atoms with E-state index >= 15 is 0 Å². The summed E-state index contributed by atoms with van der Waals surface area (Å²) in [6.07, 6.45) is 5.49. The number of rotatable bonds is 3. The molecule has 1 aromatic carbocycles. The van der Waals surface area contributed by atoms with E-state index in [1.807, 2.05) is 12.3 Å². The number of pyridine rings is 1. The first-order chi connectivity index (χ1) is 12.7. The van der Waals surface area contributed by atoms with E-state index in [1.54, 1.807) is 17.2 Å². The SMILES string of the molecule is COc1ccc(C(=O)N2CCC(c3c[nH]c4ncccc34)CC2)c(F)c1. The molecule has 1 aliphatic rings. The van der Waals surface area contributed by atoms with Crippen molar-refractivity contribution in [1.29, 1.82) is 0 Å². The molecule has 3 heterocycles. The zero-order chi connectivity index (χ0) is 18.1. The lowest BCUT2D eigenvalue weighted by atomic mass is 9.89. The van der Waals surface area contributed by atoms with Crippen LogP contribution in [0.2, 0.25) is 0 Å². The first-order valence-electron chi connectivity index (χ1n) is 8.72. The summed E-state index contributed by atoms with van der Waals surface area (Å²) in [4.78, 5) is 21.9. The zero-order valence-corrected chi connectivity index (χ0v) is 14.5. The highest BCUT2D eigenvalue weighted by atomic mass is 19.1. The number of nitrogens with zero attached hydrogens (tertiary/aromatic N) is 2. The molecule has 3 aromatic rings. The number of nitrogens with one attached hydrogen (secondary N) is 1. The standard InChI is InChI=1S/C20H20FN3O2/c1-26-14-4-5-16(18(21)11-14)20(25)24-9-6-13(7-10-24)17-12-23-19-15(17)3-2-8-22-19/h2-5,8,11-13H,6-7,9-10H2,1H3,(H,22,23). The fraction of sp³-hybridized carbons (Fsp3) is 0.300. The number of ether oxygens (including phenoxy) is 1. The molecule has 1 N–H and O–H groups in total. The lowest BCUT2D eigenvalue weighted by Crippen LogP contribution is -2.38. The van der Waals surface area contributed by atoms with Crippen LogP contribution in [-0.2, 0) is 0 Å². The quantitative estimate of drug-likeness (QED) is 0.780. The number of likely N-dealkylation sites (tertiary alicyclic amines) is 1. The number of methoxy groups -OCH3 is 1. The predicted octanol–water partition coefficient (Wildman–Crippen LogP) is 3.73. The maximum atomic E-state index is 14.2. The van der Waals surface area contributed by atoms with Crippen molar-refractivity contribution < 1.29 is 13.9 Å². The van der Waals surface area contributed by atoms with E-state index in [2.05, 4.69) is 16.0 Å². The van der Waals surface area contributed by atoms with Crippen LogP contribution < -0.4 is 4.74 Å². The lowest BCUT2D eigenvalue weighted by Gasteiger charge is -2.32. The maximum Gasteiger partial charge on any atom is 0.256 e. The second kappa shape index (κ2) is 6.78. The van der Waals surface area contributed by atoms with Gasteiger partial charge < -0.3 is 14.6 Å². The minimum atomic E-state index is -0.542. The predicted molar refractivity (Wildman–Crippen MR) is 96.9 cm³/mol. The van der Waals surface area contributed by atoms with E-state index in [0.717, 1.165) is 23.9 Å². The monoisotopic (exact) mass is 353 g/mol. The smallest absolute Gasteiger partial charge is 0.256 e. The highest BCUT2D eigenvalue weighted by Gasteiger charge is 2.27. The van der Waals surface area contributed by atoms with Gasteiger partial charge in [-0.2, -0.15) is 0 Å². The van der Waals surface area contributed by atoms with Crippen molar-refractivity contribution in [1.82, 2.24) is 14.9 Å². The number of amides is 1. The van der Waals surface area contributed by atoms with Crippen molar-refractivity contribution in [2.24, 2.45) is 0 Å². The molecule has 1 fully saturated rings. The summed E-state index contributed by atoms with van der Waals surface area (Å²) in [5, 5.41) is 1.14. The summed E-state index contributed by atoms with van der Waals surface area (Å²) in [5.41, 5.74) is 2.23. The first-order valence-corrected chi connectivity index (χ1v) is 8.72. The van der Waals surface area contributed by atoms with Crippen molar-refractivity contribution in [3.63, 3.8) is 0 Å². The largest absolute Gasteiger partial charge is 0.497 e. The van der Waals surface area contributed by atoms with Gasteiger partial charge in [0, 0.05) is 36.9 Å². The molecule has 0 bridgehead atoms. The number of halogens is 1. The molecule has 1 amide bonds. The third-order valence-corrected chi connectivity index (χ3v) is 5.11. The fourth-order valence-electron chi connectivity index (χ4n) is 3.68. The van der Waals surface area contributed by atoms with Crippen LogP contribution in [0.4, 0.5) is 4.39 Å². The lowest BCUT2D eigenvalue weighted by molar-refractivity contribution is 0.0708. The van der Waals surface area contributed by atoms with Gasteiger partial charge in [0.15, 0.2) is 0 Å². The van der Waals surface area contributed by atoms with Gasteiger partial charge in [0.25, 0.3) is 5.91 Å². The molecule has 6 heteroatoms. The Kier molecular flexibility index (Phi) is 4.32. The highest BCUT2D eigenvalue weighted by Crippen LogP contribution is 2.33. The summed E-state index contributed by atoms with van der Waals surface area (Å²) >= 11 is 0. The second-order valence-corrected chi connectivity index (χ2v) is 6.56. The number of carbonyl (C=O) groups excluding carboxylic acids is 1. The number of hydrogen-bond donors (Lipinski definition) is 1. The van der Waals surface area contributed by atoms with Crippen LogP contribution in [0.1, 0.15) is 34.7 Å². The van der Waals surface area contributed by atoms with E-state index in [4.69, 9.17) is 4.74 Å². The van der Waals surface area contributed by atoms with E-state index in [-0.39, 0.29) is 11.5 Å². The Bertz CT molecular complexity index is 945. The molecule has 0 radical (unpaired) electrons. The number of aromatic nitrogens is 2. The van der Waals surface area contributed by atoms with Crippen LogP contribution in [0, 0.1) is 5.82 Å². The third kappa shape index (κ3) is 2.92. The molecule has 134 valence electrons. The third-order valence-electron chi connectivity index (χ3n) is 5.11. The molecule has 26 heavy (non-hydrogen) atoms. The normalized spacial score (nSPS) is 15.4. The Hall–Kier alpha value is -2.89. The fourth-order valence-corrected chi connectivity index (χ4v) is 3.68. The van der Waals surface area contributed by atoms with Crippen molar-refractivity contribution >= 4 is 16.9 Å². The molecular weight excluding hydrogens is 333 g/mol. The van der Waals surface area contributed by atoms with Gasteiger partial charge in [-0.1, -0.05) is 0 Å². The van der Waals surface area contributed by atoms with Gasteiger partial charge in [-0.25, -0.2) is 9.37 Å². The molecule has 0 saturated carbocycles. The molecule has 1 aliphatic heterocycles. The summed E-state index contributed by atoms with van der Waals surface area (Å²) < 4.78 is 19.2. The maximum absolute atomic E-state index is 14.2. The second-order valence-electron chi connectivity index (χ2n) is 6.56. The van der Waals surface area contributed by atoms with Crippen LogP contribution >= 0.6 is 0 Å². The first kappa shape index (κ1) is 16.6. The minimum Gasteiger partial charge on any atom is -0.497 e. The van der Waals surface area contributed by atoms with E-state index in [1.165, 1.54) is 24.8 Å². The van der Waals surface area contributed by atoms with Gasteiger partial charge in [-0.15, -0.1) is 0 Å². The summed E-state index contributed by atoms with van der Waals surface area (Å²) in [7, 11) is 1.47. The Morgan fingerprint density at radius 2 is 2.12 bits per heavy atom. The van der Waals surface area contributed by atoms with Gasteiger partial charge in [0.2, 0.25) is 0 Å². The van der Waals surface area contributed by atoms with E-state index in [0.29, 0.717) is 24.8 Å². The molecule has 0 atom stereocenters. The van der Waals surface area contributed by atoms with Crippen LogP contribution in [0.15, 0.2) is 42.7 Å². The molecule has 1 saturated heterocycles. The van der Waals surface area contributed by atoms with Crippen molar-refractivity contribution in [2.45, 2.75) is 18.8 Å². The molecule has 5 nitrogen and oxygen atoms in total. The summed E-state index contributed by atoms with van der Waals surface area (Å²) in [6.45, 7) is 1.23. The van der Waals surface area contributed by atoms with Crippen molar-refractivity contribution in [3.8, 4) is 5.75 Å². The zero-order valence-electron chi connectivity index (χ0n) is 14.5. The summed E-state index contributed by atoms with van der Waals surface area (Å²) in [6, 6.07) is 8.36. The molecule has 0 unspecified atom stereocenters. The number of carbonyl (C=O) groups is 1.